The van der Waals surface area contributed by atoms with Crippen molar-refractivity contribution in [1.29, 1.82) is 0 Å². The molecule has 1 rings (SSSR count). The van der Waals surface area contributed by atoms with E-state index in [-0.39, 0.29) is 13.0 Å². The van der Waals surface area contributed by atoms with Crippen LogP contribution in [0.2, 0.25) is 0 Å². The first kappa shape index (κ1) is 14.0. The third-order valence-electron chi connectivity index (χ3n) is 2.01. The molecule has 1 aromatic heterocycles. The van der Waals surface area contributed by atoms with Gasteiger partial charge in [0.05, 0.1) is 0 Å². The zero-order chi connectivity index (χ0) is 13.5. The molecular formula is C10H13N3O4S. The van der Waals surface area contributed by atoms with Gasteiger partial charge in [0.15, 0.2) is 6.04 Å². The summed E-state index contributed by atoms with van der Waals surface area (Å²) in [6.45, 7) is 0.0674. The van der Waals surface area contributed by atoms with Crippen LogP contribution in [-0.4, -0.2) is 29.6 Å². The van der Waals surface area contributed by atoms with Crippen LogP contribution in [0.3, 0.4) is 0 Å². The van der Waals surface area contributed by atoms with Crippen LogP contribution in [-0.2, 0) is 9.59 Å². The van der Waals surface area contributed by atoms with Crippen LogP contribution in [0, 0.1) is 0 Å². The molecule has 98 valence electrons. The van der Waals surface area contributed by atoms with Crippen molar-refractivity contribution in [3.8, 4) is 0 Å². The molecule has 7 nitrogen and oxygen atoms in total. The summed E-state index contributed by atoms with van der Waals surface area (Å²) in [4.78, 5) is 33.4. The van der Waals surface area contributed by atoms with Crippen LogP contribution in [0.5, 0.6) is 0 Å². The first-order valence-electron chi connectivity index (χ1n) is 5.09. The number of thiophene rings is 1. The minimum Gasteiger partial charge on any atom is -0.479 e. The Morgan fingerprint density at radius 3 is 2.67 bits per heavy atom. The lowest BCUT2D eigenvalue weighted by molar-refractivity contribution is -0.139. The number of amides is 3. The molecule has 0 bridgehead atoms. The normalized spacial score (nSPS) is 11.6. The van der Waals surface area contributed by atoms with Crippen molar-refractivity contribution in [3.63, 3.8) is 0 Å². The highest BCUT2D eigenvalue weighted by molar-refractivity contribution is 7.10. The third kappa shape index (κ3) is 4.42. The Morgan fingerprint density at radius 1 is 1.44 bits per heavy atom. The average Bonchev–Trinajstić information content (AvgIpc) is 2.78. The predicted octanol–water partition coefficient (Wildman–Crippen LogP) is 0.0484. The van der Waals surface area contributed by atoms with Gasteiger partial charge in [-0.25, -0.2) is 9.59 Å². The quantitative estimate of drug-likeness (QED) is 0.584. The van der Waals surface area contributed by atoms with E-state index in [2.05, 4.69) is 10.6 Å². The van der Waals surface area contributed by atoms with Gasteiger partial charge in [-0.2, -0.15) is 0 Å². The number of urea groups is 1. The van der Waals surface area contributed by atoms with Crippen molar-refractivity contribution in [3.05, 3.63) is 22.4 Å². The number of carbonyl (C=O) groups is 3. The number of hydrogen-bond acceptors (Lipinski definition) is 4. The summed E-state index contributed by atoms with van der Waals surface area (Å²) in [5, 5.41) is 15.4. The number of rotatable bonds is 6. The molecule has 5 N–H and O–H groups in total. The number of carboxylic acids is 1. The van der Waals surface area contributed by atoms with E-state index in [1.54, 1.807) is 17.5 Å². The molecule has 0 fully saturated rings. The molecule has 0 radical (unpaired) electrons. The zero-order valence-electron chi connectivity index (χ0n) is 9.38. The number of hydrogen-bond donors (Lipinski definition) is 4. The Balaban J connectivity index is 2.49. The fraction of sp³-hybridized carbons (Fsp3) is 0.300. The lowest BCUT2D eigenvalue weighted by Gasteiger charge is -2.13. The lowest BCUT2D eigenvalue weighted by Crippen LogP contribution is -2.41. The average molecular weight is 271 g/mol. The van der Waals surface area contributed by atoms with E-state index < -0.39 is 23.9 Å². The highest BCUT2D eigenvalue weighted by Gasteiger charge is 2.22. The highest BCUT2D eigenvalue weighted by Crippen LogP contribution is 2.18. The monoisotopic (exact) mass is 271 g/mol. The molecular weight excluding hydrogens is 258 g/mol. The van der Waals surface area contributed by atoms with Crippen molar-refractivity contribution in [2.75, 3.05) is 6.54 Å². The number of carboxylic acid groups (broad SMARTS) is 1. The van der Waals surface area contributed by atoms with Crippen LogP contribution in [0.15, 0.2) is 17.5 Å². The van der Waals surface area contributed by atoms with Crippen molar-refractivity contribution in [1.82, 2.24) is 10.6 Å². The maximum Gasteiger partial charge on any atom is 0.331 e. The molecule has 0 aliphatic carbocycles. The lowest BCUT2D eigenvalue weighted by atomic mass is 10.2. The van der Waals surface area contributed by atoms with Crippen LogP contribution in [0.4, 0.5) is 4.79 Å². The second-order valence-electron chi connectivity index (χ2n) is 3.40. The molecule has 18 heavy (non-hydrogen) atoms. The van der Waals surface area contributed by atoms with Gasteiger partial charge in [-0.05, 0) is 11.4 Å². The molecule has 1 heterocycles. The molecule has 0 aliphatic rings. The molecule has 0 saturated carbocycles. The SMILES string of the molecule is NC(=O)CCNC(=O)NC(C(=O)O)c1cccs1. The molecule has 8 heteroatoms. The van der Waals surface area contributed by atoms with Crippen molar-refractivity contribution in [2.45, 2.75) is 12.5 Å². The second-order valence-corrected chi connectivity index (χ2v) is 4.38. The van der Waals surface area contributed by atoms with Gasteiger partial charge in [0.1, 0.15) is 0 Å². The van der Waals surface area contributed by atoms with Crippen LogP contribution in [0.1, 0.15) is 17.3 Å². The molecule has 0 saturated heterocycles. The molecule has 1 atom stereocenters. The predicted molar refractivity (Wildman–Crippen MR) is 65.0 cm³/mol. The van der Waals surface area contributed by atoms with Gasteiger partial charge < -0.3 is 21.5 Å². The van der Waals surface area contributed by atoms with Gasteiger partial charge in [0, 0.05) is 17.8 Å². The number of primary amides is 1. The van der Waals surface area contributed by atoms with Crippen LogP contribution in [0.25, 0.3) is 0 Å². The van der Waals surface area contributed by atoms with E-state index in [1.165, 1.54) is 11.3 Å². The number of aliphatic carboxylic acids is 1. The summed E-state index contributed by atoms with van der Waals surface area (Å²) < 4.78 is 0. The van der Waals surface area contributed by atoms with E-state index in [0.29, 0.717) is 4.88 Å². The van der Waals surface area contributed by atoms with Crippen LogP contribution < -0.4 is 16.4 Å². The van der Waals surface area contributed by atoms with E-state index in [0.717, 1.165) is 0 Å². The van der Waals surface area contributed by atoms with Crippen molar-refractivity contribution in [2.24, 2.45) is 5.73 Å². The fourth-order valence-electron chi connectivity index (χ4n) is 1.19. The number of nitrogens with one attached hydrogen (secondary N) is 2. The summed E-state index contributed by atoms with van der Waals surface area (Å²) in [6, 6.07) is 1.56. The van der Waals surface area contributed by atoms with E-state index in [1.807, 2.05) is 0 Å². The molecule has 1 unspecified atom stereocenters. The van der Waals surface area contributed by atoms with E-state index in [9.17, 15) is 14.4 Å². The molecule has 0 spiro atoms. The Morgan fingerprint density at radius 2 is 2.17 bits per heavy atom. The molecule has 0 aromatic carbocycles. The first-order valence-corrected chi connectivity index (χ1v) is 5.97. The third-order valence-corrected chi connectivity index (χ3v) is 2.94. The molecule has 1 aromatic rings. The summed E-state index contributed by atoms with van der Waals surface area (Å²) in [6.07, 6.45) is 0.00413. The van der Waals surface area contributed by atoms with Gasteiger partial charge in [-0.1, -0.05) is 6.07 Å². The Hall–Kier alpha value is -2.09. The highest BCUT2D eigenvalue weighted by atomic mass is 32.1. The van der Waals surface area contributed by atoms with Gasteiger partial charge in [0.2, 0.25) is 5.91 Å². The summed E-state index contributed by atoms with van der Waals surface area (Å²) in [7, 11) is 0. The summed E-state index contributed by atoms with van der Waals surface area (Å²) in [5.74, 6) is -1.69. The van der Waals surface area contributed by atoms with Gasteiger partial charge in [0.25, 0.3) is 0 Å². The Bertz CT molecular complexity index is 432. The van der Waals surface area contributed by atoms with Gasteiger partial charge >= 0.3 is 12.0 Å². The standard InChI is InChI=1S/C10H13N3O4S/c11-7(14)3-4-12-10(17)13-8(9(15)16)6-2-1-5-18-6/h1-2,5,8H,3-4H2,(H2,11,14)(H,15,16)(H2,12,13,17). The number of nitrogens with two attached hydrogens (primary N) is 1. The minimum absolute atomic E-state index is 0.00413. The van der Waals surface area contributed by atoms with Crippen LogP contribution >= 0.6 is 11.3 Å². The minimum atomic E-state index is -1.15. The van der Waals surface area contributed by atoms with E-state index in [4.69, 9.17) is 10.8 Å². The van der Waals surface area contributed by atoms with E-state index >= 15 is 0 Å². The number of carbonyl (C=O) groups excluding carboxylic acids is 2. The summed E-state index contributed by atoms with van der Waals surface area (Å²) >= 11 is 1.23. The first-order chi connectivity index (χ1) is 8.50. The Kier molecular flexibility index (Phi) is 5.12. The zero-order valence-corrected chi connectivity index (χ0v) is 10.2. The van der Waals surface area contributed by atoms with Crippen molar-refractivity contribution < 1.29 is 19.5 Å². The maximum absolute atomic E-state index is 11.4. The van der Waals surface area contributed by atoms with Gasteiger partial charge in [-0.15, -0.1) is 11.3 Å². The summed E-state index contributed by atoms with van der Waals surface area (Å²) in [5.41, 5.74) is 4.90. The Labute approximate surface area is 107 Å². The largest absolute Gasteiger partial charge is 0.479 e. The fourth-order valence-corrected chi connectivity index (χ4v) is 1.96. The van der Waals surface area contributed by atoms with Gasteiger partial charge in [-0.3, -0.25) is 4.79 Å². The smallest absolute Gasteiger partial charge is 0.331 e. The topological polar surface area (TPSA) is 122 Å². The molecule has 0 aliphatic heterocycles. The molecule has 3 amide bonds. The second kappa shape index (κ2) is 6.60. The van der Waals surface area contributed by atoms with Crippen molar-refractivity contribution >= 4 is 29.2 Å². The maximum atomic E-state index is 11.4.